The number of benzene rings is 2. The third-order valence-electron chi connectivity index (χ3n) is 4.00. The van der Waals surface area contributed by atoms with Gasteiger partial charge in [0.25, 0.3) is 0 Å². The zero-order valence-corrected chi connectivity index (χ0v) is 14.1. The third-order valence-corrected chi connectivity index (χ3v) is 4.00. The SMILES string of the molecule is Cc1ccc(C(=O)c2ccn(C/C=C/c3cccc(C)c3)c2)cc1. The molecule has 0 aliphatic heterocycles. The minimum Gasteiger partial charge on any atom is -0.350 e. The summed E-state index contributed by atoms with van der Waals surface area (Å²) in [4.78, 5) is 12.5. The van der Waals surface area contributed by atoms with E-state index in [1.165, 1.54) is 11.1 Å². The zero-order valence-electron chi connectivity index (χ0n) is 14.1. The van der Waals surface area contributed by atoms with Crippen molar-refractivity contribution in [3.05, 3.63) is 101 Å². The Labute approximate surface area is 143 Å². The lowest BCUT2D eigenvalue weighted by Gasteiger charge is -2.00. The van der Waals surface area contributed by atoms with Gasteiger partial charge >= 0.3 is 0 Å². The van der Waals surface area contributed by atoms with E-state index in [1.807, 2.05) is 54.2 Å². The van der Waals surface area contributed by atoms with Gasteiger partial charge in [0.2, 0.25) is 0 Å². The van der Waals surface area contributed by atoms with Crippen LogP contribution in [-0.4, -0.2) is 10.4 Å². The molecule has 2 heteroatoms. The van der Waals surface area contributed by atoms with Crippen molar-refractivity contribution in [2.75, 3.05) is 0 Å². The predicted molar refractivity (Wildman–Crippen MR) is 99.3 cm³/mol. The Morgan fingerprint density at radius 3 is 2.50 bits per heavy atom. The molecule has 3 rings (SSSR count). The third kappa shape index (κ3) is 3.90. The molecule has 2 nitrogen and oxygen atoms in total. The molecule has 0 N–H and O–H groups in total. The second-order valence-corrected chi connectivity index (χ2v) is 6.11. The van der Waals surface area contributed by atoms with Gasteiger partial charge in [-0.3, -0.25) is 4.79 Å². The van der Waals surface area contributed by atoms with E-state index in [0.717, 1.165) is 23.2 Å². The van der Waals surface area contributed by atoms with Gasteiger partial charge in [-0.25, -0.2) is 0 Å². The van der Waals surface area contributed by atoms with Crippen LogP contribution in [-0.2, 0) is 6.54 Å². The van der Waals surface area contributed by atoms with E-state index < -0.39 is 0 Å². The van der Waals surface area contributed by atoms with Gasteiger partial charge in [0, 0.05) is 30.1 Å². The topological polar surface area (TPSA) is 22.0 Å². The predicted octanol–water partition coefficient (Wildman–Crippen LogP) is 5.05. The fourth-order valence-corrected chi connectivity index (χ4v) is 2.64. The maximum absolute atomic E-state index is 12.5. The Balaban J connectivity index is 1.67. The Morgan fingerprint density at radius 1 is 0.958 bits per heavy atom. The molecule has 120 valence electrons. The normalized spacial score (nSPS) is 11.1. The van der Waals surface area contributed by atoms with Crippen molar-refractivity contribution in [2.45, 2.75) is 20.4 Å². The van der Waals surface area contributed by atoms with Gasteiger partial charge in [0.15, 0.2) is 5.78 Å². The number of allylic oxidation sites excluding steroid dienone is 1. The molecule has 0 unspecified atom stereocenters. The summed E-state index contributed by atoms with van der Waals surface area (Å²) in [6.07, 6.45) is 8.06. The van der Waals surface area contributed by atoms with Gasteiger partial charge in [-0.15, -0.1) is 0 Å². The Morgan fingerprint density at radius 2 is 1.75 bits per heavy atom. The van der Waals surface area contributed by atoms with Crippen molar-refractivity contribution in [3.63, 3.8) is 0 Å². The van der Waals surface area contributed by atoms with Crippen molar-refractivity contribution in [3.8, 4) is 0 Å². The van der Waals surface area contributed by atoms with Crippen LogP contribution >= 0.6 is 0 Å². The molecule has 1 aromatic heterocycles. The van der Waals surface area contributed by atoms with Crippen molar-refractivity contribution in [1.29, 1.82) is 0 Å². The monoisotopic (exact) mass is 315 g/mol. The standard InChI is InChI=1S/C22H21NO/c1-17-8-10-20(11-9-17)22(24)21-12-14-23(16-21)13-4-7-19-6-3-5-18(2)15-19/h3-12,14-16H,13H2,1-2H3/b7-4+. The Bertz CT molecular complexity index is 869. The molecule has 0 aliphatic rings. The van der Waals surface area contributed by atoms with E-state index in [0.29, 0.717) is 0 Å². The highest BCUT2D eigenvalue weighted by Crippen LogP contribution is 2.12. The average Bonchev–Trinajstić information content (AvgIpc) is 3.04. The van der Waals surface area contributed by atoms with Crippen molar-refractivity contribution >= 4 is 11.9 Å². The molecule has 3 aromatic rings. The van der Waals surface area contributed by atoms with Crippen LogP contribution in [0.15, 0.2) is 73.1 Å². The number of nitrogens with zero attached hydrogens (tertiary/aromatic N) is 1. The largest absolute Gasteiger partial charge is 0.350 e. The molecule has 0 amide bonds. The smallest absolute Gasteiger partial charge is 0.194 e. The van der Waals surface area contributed by atoms with E-state index >= 15 is 0 Å². The highest BCUT2D eigenvalue weighted by molar-refractivity contribution is 6.08. The summed E-state index contributed by atoms with van der Waals surface area (Å²) in [6.45, 7) is 4.85. The summed E-state index contributed by atoms with van der Waals surface area (Å²) in [5.74, 6) is 0.0661. The van der Waals surface area contributed by atoms with Crippen molar-refractivity contribution in [1.82, 2.24) is 4.57 Å². The summed E-state index contributed by atoms with van der Waals surface area (Å²) in [5, 5.41) is 0. The minimum absolute atomic E-state index is 0.0661. The first-order valence-corrected chi connectivity index (χ1v) is 8.12. The molecule has 2 aromatic carbocycles. The minimum atomic E-state index is 0.0661. The van der Waals surface area contributed by atoms with E-state index in [1.54, 1.807) is 0 Å². The van der Waals surface area contributed by atoms with Crippen molar-refractivity contribution < 1.29 is 4.79 Å². The maximum atomic E-state index is 12.5. The van der Waals surface area contributed by atoms with Crippen LogP contribution in [0.3, 0.4) is 0 Å². The van der Waals surface area contributed by atoms with Gasteiger partial charge in [-0.05, 0) is 25.5 Å². The summed E-state index contributed by atoms with van der Waals surface area (Å²) in [7, 11) is 0. The molecular weight excluding hydrogens is 294 g/mol. The molecule has 0 saturated heterocycles. The lowest BCUT2D eigenvalue weighted by Crippen LogP contribution is -2.00. The number of carbonyl (C=O) groups excluding carboxylic acids is 1. The first-order valence-electron chi connectivity index (χ1n) is 8.12. The van der Waals surface area contributed by atoms with E-state index in [2.05, 4.69) is 43.3 Å². The highest BCUT2D eigenvalue weighted by Gasteiger charge is 2.09. The highest BCUT2D eigenvalue weighted by atomic mass is 16.1. The van der Waals surface area contributed by atoms with Gasteiger partial charge in [-0.1, -0.05) is 71.8 Å². The van der Waals surface area contributed by atoms with Crippen LogP contribution in [0.25, 0.3) is 6.08 Å². The van der Waals surface area contributed by atoms with Crippen LogP contribution in [0.1, 0.15) is 32.6 Å². The number of ketones is 1. The molecule has 1 heterocycles. The molecule has 0 fully saturated rings. The fourth-order valence-electron chi connectivity index (χ4n) is 2.64. The molecular formula is C22H21NO. The van der Waals surface area contributed by atoms with Crippen LogP contribution in [0.5, 0.6) is 0 Å². The fraction of sp³-hybridized carbons (Fsp3) is 0.136. The first-order chi connectivity index (χ1) is 11.6. The number of hydrogen-bond donors (Lipinski definition) is 0. The maximum Gasteiger partial charge on any atom is 0.194 e. The van der Waals surface area contributed by atoms with E-state index in [-0.39, 0.29) is 5.78 Å². The number of rotatable bonds is 5. The Hall–Kier alpha value is -2.87. The zero-order chi connectivity index (χ0) is 16.9. The summed E-state index contributed by atoms with van der Waals surface area (Å²) in [6, 6.07) is 18.0. The van der Waals surface area contributed by atoms with Crippen LogP contribution in [0, 0.1) is 13.8 Å². The lowest BCUT2D eigenvalue weighted by atomic mass is 10.0. The summed E-state index contributed by atoms with van der Waals surface area (Å²) >= 11 is 0. The molecule has 0 atom stereocenters. The number of aromatic nitrogens is 1. The summed E-state index contributed by atoms with van der Waals surface area (Å²) in [5.41, 5.74) is 5.06. The van der Waals surface area contributed by atoms with Gasteiger partial charge < -0.3 is 4.57 Å². The molecule has 0 spiro atoms. The summed E-state index contributed by atoms with van der Waals surface area (Å²) < 4.78 is 2.02. The second kappa shape index (κ2) is 7.14. The quantitative estimate of drug-likeness (QED) is 0.604. The first kappa shape index (κ1) is 16.0. The molecule has 24 heavy (non-hydrogen) atoms. The van der Waals surface area contributed by atoms with E-state index in [4.69, 9.17) is 0 Å². The average molecular weight is 315 g/mol. The van der Waals surface area contributed by atoms with Crippen LogP contribution in [0.4, 0.5) is 0 Å². The number of carbonyl (C=O) groups is 1. The van der Waals surface area contributed by atoms with Gasteiger partial charge in [0.05, 0.1) is 0 Å². The van der Waals surface area contributed by atoms with Gasteiger partial charge in [-0.2, -0.15) is 0 Å². The lowest BCUT2D eigenvalue weighted by molar-refractivity contribution is 0.103. The van der Waals surface area contributed by atoms with E-state index in [9.17, 15) is 4.79 Å². The Kier molecular flexibility index (Phi) is 4.76. The number of aryl methyl sites for hydroxylation is 2. The van der Waals surface area contributed by atoms with Gasteiger partial charge in [0.1, 0.15) is 0 Å². The second-order valence-electron chi connectivity index (χ2n) is 6.11. The van der Waals surface area contributed by atoms with Crippen molar-refractivity contribution in [2.24, 2.45) is 0 Å². The van der Waals surface area contributed by atoms with Crippen LogP contribution < -0.4 is 0 Å². The molecule has 0 saturated carbocycles. The molecule has 0 radical (unpaired) electrons. The molecule has 0 bridgehead atoms. The molecule has 0 aliphatic carbocycles. The number of hydrogen-bond acceptors (Lipinski definition) is 1. The van der Waals surface area contributed by atoms with Crippen LogP contribution in [0.2, 0.25) is 0 Å².